The van der Waals surface area contributed by atoms with Gasteiger partial charge in [-0.3, -0.25) is 4.79 Å². The summed E-state index contributed by atoms with van der Waals surface area (Å²) in [7, 11) is 0. The van der Waals surface area contributed by atoms with Gasteiger partial charge in [-0.15, -0.1) is 0 Å². The highest BCUT2D eigenvalue weighted by molar-refractivity contribution is 5.78. The third-order valence-electron chi connectivity index (χ3n) is 4.50. The summed E-state index contributed by atoms with van der Waals surface area (Å²) in [5, 5.41) is 0. The smallest absolute Gasteiger partial charge is 0.260 e. The number of nitrogens with zero attached hydrogens (tertiary/aromatic N) is 2. The summed E-state index contributed by atoms with van der Waals surface area (Å²) in [6.07, 6.45) is 0. The molecule has 0 aromatic heterocycles. The van der Waals surface area contributed by atoms with Crippen LogP contribution in [0.4, 0.5) is 5.69 Å². The zero-order valence-electron chi connectivity index (χ0n) is 15.5. The van der Waals surface area contributed by atoms with Crippen LogP contribution in [0.25, 0.3) is 0 Å². The van der Waals surface area contributed by atoms with Gasteiger partial charge in [-0.05, 0) is 43.7 Å². The second-order valence-electron chi connectivity index (χ2n) is 6.38. The van der Waals surface area contributed by atoms with Gasteiger partial charge in [0.1, 0.15) is 0 Å². The zero-order valence-corrected chi connectivity index (χ0v) is 15.5. The van der Waals surface area contributed by atoms with Crippen LogP contribution >= 0.6 is 0 Å². The summed E-state index contributed by atoms with van der Waals surface area (Å²) in [4.78, 5) is 16.7. The number of anilines is 1. The summed E-state index contributed by atoms with van der Waals surface area (Å²) in [5.74, 6) is 1.30. The Bertz CT molecular complexity index is 740. The molecule has 0 saturated carbocycles. The molecule has 1 heterocycles. The van der Waals surface area contributed by atoms with E-state index in [-0.39, 0.29) is 12.5 Å². The maximum atomic E-state index is 12.5. The summed E-state index contributed by atoms with van der Waals surface area (Å²) in [6, 6.07) is 15.9. The summed E-state index contributed by atoms with van der Waals surface area (Å²) < 4.78 is 11.2. The zero-order chi connectivity index (χ0) is 18.4. The lowest BCUT2D eigenvalue weighted by atomic mass is 10.2. The van der Waals surface area contributed by atoms with Crippen LogP contribution in [0, 0.1) is 6.92 Å². The first-order valence-electron chi connectivity index (χ1n) is 9.11. The van der Waals surface area contributed by atoms with Gasteiger partial charge in [0.25, 0.3) is 5.91 Å². The first-order valence-corrected chi connectivity index (χ1v) is 9.11. The average Bonchev–Trinajstić information content (AvgIpc) is 2.67. The van der Waals surface area contributed by atoms with Crippen molar-refractivity contribution in [2.45, 2.75) is 13.8 Å². The fraction of sp³-hybridized carbons (Fsp3) is 0.381. The minimum atomic E-state index is 0.0141. The van der Waals surface area contributed by atoms with Crippen molar-refractivity contribution in [3.63, 3.8) is 0 Å². The number of ether oxygens (including phenoxy) is 2. The highest BCUT2D eigenvalue weighted by atomic mass is 16.5. The second kappa shape index (κ2) is 8.61. The molecule has 5 nitrogen and oxygen atoms in total. The van der Waals surface area contributed by atoms with Crippen molar-refractivity contribution in [3.8, 4) is 11.5 Å². The van der Waals surface area contributed by atoms with Crippen LogP contribution in [0.2, 0.25) is 0 Å². The number of amides is 1. The average molecular weight is 354 g/mol. The third kappa shape index (κ3) is 4.48. The predicted molar refractivity (Wildman–Crippen MR) is 103 cm³/mol. The van der Waals surface area contributed by atoms with E-state index >= 15 is 0 Å². The van der Waals surface area contributed by atoms with Crippen LogP contribution in [0.5, 0.6) is 11.5 Å². The standard InChI is InChI=1S/C21H26N2O3/c1-3-25-19-9-4-5-10-20(19)26-16-21(24)23-13-11-22(12-14-23)18-8-6-7-17(2)15-18/h4-10,15H,3,11-14,16H2,1-2H3. The van der Waals surface area contributed by atoms with E-state index in [4.69, 9.17) is 9.47 Å². The van der Waals surface area contributed by atoms with Gasteiger partial charge in [-0.1, -0.05) is 24.3 Å². The van der Waals surface area contributed by atoms with Gasteiger partial charge in [-0.2, -0.15) is 0 Å². The maximum Gasteiger partial charge on any atom is 0.260 e. The Kier molecular flexibility index (Phi) is 6.00. The van der Waals surface area contributed by atoms with Crippen molar-refractivity contribution in [3.05, 3.63) is 54.1 Å². The molecule has 0 atom stereocenters. The van der Waals surface area contributed by atoms with Gasteiger partial charge in [-0.25, -0.2) is 0 Å². The highest BCUT2D eigenvalue weighted by Gasteiger charge is 2.22. The molecule has 0 N–H and O–H groups in total. The van der Waals surface area contributed by atoms with Crippen molar-refractivity contribution >= 4 is 11.6 Å². The van der Waals surface area contributed by atoms with Gasteiger partial charge < -0.3 is 19.3 Å². The van der Waals surface area contributed by atoms with Gasteiger partial charge in [0.05, 0.1) is 6.61 Å². The molecule has 0 bridgehead atoms. The molecule has 0 radical (unpaired) electrons. The van der Waals surface area contributed by atoms with Gasteiger partial charge in [0.15, 0.2) is 18.1 Å². The van der Waals surface area contributed by atoms with Crippen molar-refractivity contribution < 1.29 is 14.3 Å². The summed E-state index contributed by atoms with van der Waals surface area (Å²) in [6.45, 7) is 7.72. The fourth-order valence-corrected chi connectivity index (χ4v) is 3.11. The van der Waals surface area contributed by atoms with E-state index in [1.807, 2.05) is 36.1 Å². The van der Waals surface area contributed by atoms with E-state index in [0.717, 1.165) is 13.1 Å². The Hall–Kier alpha value is -2.69. The molecule has 1 fully saturated rings. The lowest BCUT2D eigenvalue weighted by Crippen LogP contribution is -2.50. The van der Waals surface area contributed by atoms with Crippen molar-refractivity contribution in [1.82, 2.24) is 4.90 Å². The highest BCUT2D eigenvalue weighted by Crippen LogP contribution is 2.26. The molecule has 0 aliphatic carbocycles. The normalized spacial score (nSPS) is 14.2. The number of hydrogen-bond donors (Lipinski definition) is 0. The number of rotatable bonds is 6. The van der Waals surface area contributed by atoms with Gasteiger partial charge in [0.2, 0.25) is 0 Å². The number of aryl methyl sites for hydroxylation is 1. The van der Waals surface area contributed by atoms with Crippen LogP contribution in [0.15, 0.2) is 48.5 Å². The van der Waals surface area contributed by atoms with Crippen LogP contribution < -0.4 is 14.4 Å². The van der Waals surface area contributed by atoms with Crippen molar-refractivity contribution in [2.75, 3.05) is 44.3 Å². The molecule has 3 rings (SSSR count). The molecule has 138 valence electrons. The van der Waals surface area contributed by atoms with Gasteiger partial charge in [0, 0.05) is 31.9 Å². The number of benzene rings is 2. The Morgan fingerprint density at radius 3 is 2.31 bits per heavy atom. The number of piperazine rings is 1. The first kappa shape index (κ1) is 18.1. The minimum absolute atomic E-state index is 0.0141. The Balaban J connectivity index is 1.51. The second-order valence-corrected chi connectivity index (χ2v) is 6.38. The van der Waals surface area contributed by atoms with Crippen LogP contribution in [-0.2, 0) is 4.79 Å². The summed E-state index contributed by atoms with van der Waals surface area (Å²) in [5.41, 5.74) is 2.47. The molecule has 5 heteroatoms. The van der Waals surface area contributed by atoms with E-state index < -0.39 is 0 Å². The number of para-hydroxylation sites is 2. The molecular formula is C21H26N2O3. The van der Waals surface area contributed by atoms with Crippen LogP contribution in [-0.4, -0.2) is 50.2 Å². The van der Waals surface area contributed by atoms with E-state index in [0.29, 0.717) is 31.2 Å². The molecule has 0 unspecified atom stereocenters. The minimum Gasteiger partial charge on any atom is -0.490 e. The Morgan fingerprint density at radius 1 is 0.962 bits per heavy atom. The molecule has 2 aromatic rings. The molecule has 26 heavy (non-hydrogen) atoms. The maximum absolute atomic E-state index is 12.5. The lowest BCUT2D eigenvalue weighted by Gasteiger charge is -2.36. The van der Waals surface area contributed by atoms with Crippen LogP contribution in [0.3, 0.4) is 0 Å². The molecule has 0 spiro atoms. The Labute approximate surface area is 155 Å². The van der Waals surface area contributed by atoms with E-state index in [2.05, 4.69) is 36.1 Å². The van der Waals surface area contributed by atoms with E-state index in [1.54, 1.807) is 0 Å². The van der Waals surface area contributed by atoms with Crippen molar-refractivity contribution in [1.29, 1.82) is 0 Å². The van der Waals surface area contributed by atoms with Crippen LogP contribution in [0.1, 0.15) is 12.5 Å². The Morgan fingerprint density at radius 2 is 1.65 bits per heavy atom. The quantitative estimate of drug-likeness (QED) is 0.799. The van der Waals surface area contributed by atoms with E-state index in [9.17, 15) is 4.79 Å². The number of hydrogen-bond acceptors (Lipinski definition) is 4. The molecule has 1 aliphatic rings. The predicted octanol–water partition coefficient (Wildman–Crippen LogP) is 3.12. The molecule has 1 saturated heterocycles. The SMILES string of the molecule is CCOc1ccccc1OCC(=O)N1CCN(c2cccc(C)c2)CC1. The number of carbonyl (C=O) groups is 1. The molecule has 2 aromatic carbocycles. The molecule has 1 aliphatic heterocycles. The van der Waals surface area contributed by atoms with Gasteiger partial charge >= 0.3 is 0 Å². The van der Waals surface area contributed by atoms with E-state index in [1.165, 1.54) is 11.3 Å². The largest absolute Gasteiger partial charge is 0.490 e. The monoisotopic (exact) mass is 354 g/mol. The topological polar surface area (TPSA) is 42.0 Å². The summed E-state index contributed by atoms with van der Waals surface area (Å²) >= 11 is 0. The fourth-order valence-electron chi connectivity index (χ4n) is 3.11. The molecule has 1 amide bonds. The number of carbonyl (C=O) groups excluding carboxylic acids is 1. The molecular weight excluding hydrogens is 328 g/mol. The lowest BCUT2D eigenvalue weighted by molar-refractivity contribution is -0.133. The van der Waals surface area contributed by atoms with Crippen molar-refractivity contribution in [2.24, 2.45) is 0 Å². The first-order chi connectivity index (χ1) is 12.7. The third-order valence-corrected chi connectivity index (χ3v) is 4.50.